The molecule has 0 radical (unpaired) electrons. The first-order chi connectivity index (χ1) is 13.7. The highest BCUT2D eigenvalue weighted by atomic mass is 19.4. The lowest BCUT2D eigenvalue weighted by atomic mass is 9.44. The highest BCUT2D eigenvalue weighted by Crippen LogP contribution is 2.68. The van der Waals surface area contributed by atoms with Crippen LogP contribution in [0.15, 0.2) is 22.7 Å². The molecule has 0 spiro atoms. The monoisotopic (exact) mass is 407 g/mol. The van der Waals surface area contributed by atoms with Crippen LogP contribution in [0.25, 0.3) is 11.6 Å². The van der Waals surface area contributed by atoms with Crippen LogP contribution >= 0.6 is 0 Å². The molecule has 3 aliphatic rings. The zero-order valence-electron chi connectivity index (χ0n) is 15.7. The van der Waals surface area contributed by atoms with Crippen molar-refractivity contribution in [3.05, 3.63) is 24.2 Å². The highest BCUT2D eigenvalue weighted by molar-refractivity contribution is 5.88. The smallest absolute Gasteiger partial charge is 0.394 e. The number of halogens is 3. The van der Waals surface area contributed by atoms with Crippen LogP contribution in [0.2, 0.25) is 0 Å². The molecule has 2 aromatic heterocycles. The van der Waals surface area contributed by atoms with Gasteiger partial charge in [0.2, 0.25) is 11.8 Å². The van der Waals surface area contributed by atoms with Crippen molar-refractivity contribution in [3.8, 4) is 11.6 Å². The summed E-state index contributed by atoms with van der Waals surface area (Å²) in [4.78, 5) is 16.4. The number of anilines is 1. The third-order valence-corrected chi connectivity index (χ3v) is 6.91. The standard InChI is InChI=1S/C19H20F3N5O2/c1-17(6-8-24-15(17)28)16-27-26-14(29-16)13-11(3-2-7-23-13)25-12-9-18(19(20,21)22)5-4-10(12)18/h2-3,7,10,12,25H,4-6,8-9H2,1H3,(H,24,28). The number of aromatic nitrogens is 3. The Hall–Kier alpha value is -2.65. The van der Waals surface area contributed by atoms with Gasteiger partial charge in [0, 0.05) is 18.8 Å². The summed E-state index contributed by atoms with van der Waals surface area (Å²) < 4.78 is 45.8. The largest absolute Gasteiger partial charge is 0.418 e. The molecule has 2 aliphatic carbocycles. The molecule has 10 heteroatoms. The van der Waals surface area contributed by atoms with E-state index in [-0.39, 0.29) is 36.6 Å². The first-order valence-corrected chi connectivity index (χ1v) is 9.66. The number of nitrogens with one attached hydrogen (secondary N) is 2. The minimum Gasteiger partial charge on any atom is -0.418 e. The Balaban J connectivity index is 1.39. The van der Waals surface area contributed by atoms with Crippen molar-refractivity contribution in [2.75, 3.05) is 11.9 Å². The predicted octanol–water partition coefficient (Wildman–Crippen LogP) is 3.05. The normalized spacial score (nSPS) is 33.4. The summed E-state index contributed by atoms with van der Waals surface area (Å²) in [6.07, 6.45) is -1.24. The Morgan fingerprint density at radius 1 is 1.31 bits per heavy atom. The summed E-state index contributed by atoms with van der Waals surface area (Å²) in [7, 11) is 0. The van der Waals surface area contributed by atoms with E-state index in [9.17, 15) is 18.0 Å². The topological polar surface area (TPSA) is 92.9 Å². The van der Waals surface area contributed by atoms with Gasteiger partial charge in [-0.2, -0.15) is 13.2 Å². The average molecular weight is 407 g/mol. The summed E-state index contributed by atoms with van der Waals surface area (Å²) in [6.45, 7) is 2.28. The Morgan fingerprint density at radius 2 is 2.14 bits per heavy atom. The van der Waals surface area contributed by atoms with Crippen molar-refractivity contribution >= 4 is 11.6 Å². The van der Waals surface area contributed by atoms with Crippen molar-refractivity contribution in [2.45, 2.75) is 50.2 Å². The van der Waals surface area contributed by atoms with E-state index >= 15 is 0 Å². The van der Waals surface area contributed by atoms with Gasteiger partial charge in [-0.05, 0) is 50.7 Å². The number of fused-ring (bicyclic) bond motifs is 1. The Kier molecular flexibility index (Phi) is 3.76. The average Bonchev–Trinajstić information content (AvgIpc) is 3.26. The Morgan fingerprint density at radius 3 is 2.76 bits per heavy atom. The second-order valence-electron chi connectivity index (χ2n) is 8.40. The van der Waals surface area contributed by atoms with Gasteiger partial charge in [0.05, 0.1) is 11.1 Å². The molecule has 2 saturated carbocycles. The molecule has 0 bridgehead atoms. The first-order valence-electron chi connectivity index (χ1n) is 9.66. The van der Waals surface area contributed by atoms with Crippen molar-refractivity contribution in [1.82, 2.24) is 20.5 Å². The third kappa shape index (κ3) is 2.50. The van der Waals surface area contributed by atoms with Gasteiger partial charge in [-0.3, -0.25) is 4.79 Å². The molecule has 29 heavy (non-hydrogen) atoms. The molecule has 1 saturated heterocycles. The molecule has 154 valence electrons. The van der Waals surface area contributed by atoms with Crippen LogP contribution in [0.1, 0.15) is 38.5 Å². The maximum Gasteiger partial charge on any atom is 0.394 e. The lowest BCUT2D eigenvalue weighted by molar-refractivity contribution is -0.314. The van der Waals surface area contributed by atoms with Crippen LogP contribution in [0.4, 0.5) is 18.9 Å². The summed E-state index contributed by atoms with van der Waals surface area (Å²) in [6, 6.07) is 3.17. The summed E-state index contributed by atoms with van der Waals surface area (Å²) in [5.74, 6) is -0.248. The number of hydrogen-bond acceptors (Lipinski definition) is 6. The molecule has 0 aromatic carbocycles. The van der Waals surface area contributed by atoms with Crippen molar-refractivity contribution in [2.24, 2.45) is 11.3 Å². The molecular formula is C19H20F3N5O2. The summed E-state index contributed by atoms with van der Waals surface area (Å²) in [5.41, 5.74) is -1.50. The van der Waals surface area contributed by atoms with Gasteiger partial charge in [-0.15, -0.1) is 10.2 Å². The minimum atomic E-state index is -4.16. The quantitative estimate of drug-likeness (QED) is 0.809. The number of alkyl halides is 3. The van der Waals surface area contributed by atoms with Gasteiger partial charge in [-0.1, -0.05) is 0 Å². The number of rotatable bonds is 4. The molecule has 2 aromatic rings. The first kappa shape index (κ1) is 18.4. The van der Waals surface area contributed by atoms with Crippen LogP contribution in [0, 0.1) is 11.3 Å². The van der Waals surface area contributed by atoms with Crippen molar-refractivity contribution in [3.63, 3.8) is 0 Å². The van der Waals surface area contributed by atoms with Gasteiger partial charge in [0.15, 0.2) is 5.69 Å². The number of hydrogen-bond donors (Lipinski definition) is 2. The van der Waals surface area contributed by atoms with E-state index in [1.165, 1.54) is 0 Å². The molecule has 2 N–H and O–H groups in total. The predicted molar refractivity (Wildman–Crippen MR) is 95.7 cm³/mol. The van der Waals surface area contributed by atoms with Crippen LogP contribution in [0.3, 0.4) is 0 Å². The van der Waals surface area contributed by atoms with Gasteiger partial charge >= 0.3 is 6.18 Å². The minimum absolute atomic E-state index is 0.0584. The fraction of sp³-hybridized carbons (Fsp3) is 0.579. The Labute approximate surface area is 164 Å². The van der Waals surface area contributed by atoms with Crippen molar-refractivity contribution in [1.29, 1.82) is 0 Å². The van der Waals surface area contributed by atoms with Crippen LogP contribution in [-0.2, 0) is 10.2 Å². The van der Waals surface area contributed by atoms with Gasteiger partial charge in [0.1, 0.15) is 5.41 Å². The maximum absolute atomic E-state index is 13.4. The number of amides is 1. The van der Waals surface area contributed by atoms with Crippen LogP contribution in [0.5, 0.6) is 0 Å². The van der Waals surface area contributed by atoms with E-state index in [0.717, 1.165) is 0 Å². The maximum atomic E-state index is 13.4. The summed E-state index contributed by atoms with van der Waals surface area (Å²) in [5, 5.41) is 14.0. The zero-order valence-corrected chi connectivity index (χ0v) is 15.7. The fourth-order valence-corrected chi connectivity index (χ4v) is 4.87. The van der Waals surface area contributed by atoms with E-state index in [4.69, 9.17) is 4.42 Å². The molecule has 3 heterocycles. The molecule has 1 amide bonds. The molecule has 5 rings (SSSR count). The van der Waals surface area contributed by atoms with Gasteiger partial charge in [0.25, 0.3) is 5.89 Å². The number of pyridine rings is 1. The zero-order chi connectivity index (χ0) is 20.4. The number of carbonyl (C=O) groups excluding carboxylic acids is 1. The Bertz CT molecular complexity index is 977. The number of carbonyl (C=O) groups is 1. The molecule has 4 unspecified atom stereocenters. The second-order valence-corrected chi connectivity index (χ2v) is 8.40. The van der Waals surface area contributed by atoms with Crippen LogP contribution in [-0.4, -0.2) is 39.9 Å². The highest BCUT2D eigenvalue weighted by Gasteiger charge is 2.72. The van der Waals surface area contributed by atoms with E-state index in [2.05, 4.69) is 25.8 Å². The SMILES string of the molecule is CC1(c2nnc(-c3ncccc3NC3CC4(C(F)(F)F)CCC34)o2)CCNC1=O. The third-order valence-electron chi connectivity index (χ3n) is 6.91. The van der Waals surface area contributed by atoms with Crippen LogP contribution < -0.4 is 10.6 Å². The molecule has 1 aliphatic heterocycles. The molecule has 4 atom stereocenters. The van der Waals surface area contributed by atoms with E-state index < -0.39 is 22.9 Å². The van der Waals surface area contributed by atoms with Gasteiger partial charge < -0.3 is 15.1 Å². The van der Waals surface area contributed by atoms with E-state index in [0.29, 0.717) is 30.8 Å². The second kappa shape index (κ2) is 5.93. The van der Waals surface area contributed by atoms with Crippen molar-refractivity contribution < 1.29 is 22.4 Å². The molecular weight excluding hydrogens is 387 g/mol. The molecule has 7 nitrogen and oxygen atoms in total. The number of nitrogens with zero attached hydrogens (tertiary/aromatic N) is 3. The fourth-order valence-electron chi connectivity index (χ4n) is 4.87. The van der Waals surface area contributed by atoms with Gasteiger partial charge in [-0.25, -0.2) is 4.98 Å². The lowest BCUT2D eigenvalue weighted by Crippen LogP contribution is -2.67. The van der Waals surface area contributed by atoms with E-state index in [1.54, 1.807) is 25.3 Å². The molecule has 3 fully saturated rings. The lowest BCUT2D eigenvalue weighted by Gasteiger charge is -2.63. The summed E-state index contributed by atoms with van der Waals surface area (Å²) >= 11 is 0. The van der Waals surface area contributed by atoms with E-state index in [1.807, 2.05) is 0 Å².